The van der Waals surface area contributed by atoms with Crippen molar-refractivity contribution in [3.8, 4) is 0 Å². The van der Waals surface area contributed by atoms with Crippen LogP contribution in [0.15, 0.2) is 63.7 Å². The molecule has 0 N–H and O–H groups in total. The molecule has 3 rings (SSSR count). The minimum atomic E-state index is -4.58. The van der Waals surface area contributed by atoms with E-state index in [4.69, 9.17) is 0 Å². The van der Waals surface area contributed by atoms with Crippen LogP contribution in [0.4, 0.5) is 10.8 Å². The Bertz CT molecular complexity index is 899. The Morgan fingerprint density at radius 3 is 2.48 bits per heavy atom. The third-order valence-corrected chi connectivity index (χ3v) is 4.47. The predicted molar refractivity (Wildman–Crippen MR) is 78.2 cm³/mol. The highest BCUT2D eigenvalue weighted by molar-refractivity contribution is 7.85. The molecule has 0 fully saturated rings. The second-order valence-corrected chi connectivity index (χ2v) is 6.44. The highest BCUT2D eigenvalue weighted by Crippen LogP contribution is 2.30. The van der Waals surface area contributed by atoms with E-state index in [1.54, 1.807) is 6.07 Å². The molecular weight excluding hydrogens is 310 g/mol. The van der Waals surface area contributed by atoms with Crippen LogP contribution in [0, 0.1) is 0 Å². The van der Waals surface area contributed by atoms with E-state index in [1.165, 1.54) is 29.5 Å². The molecule has 0 spiro atoms. The smallest absolute Gasteiger partial charge is 0.231 e. The molecule has 0 unspecified atom stereocenters. The van der Waals surface area contributed by atoms with Gasteiger partial charge >= 0.3 is 0 Å². The van der Waals surface area contributed by atoms with Gasteiger partial charge in [0.05, 0.1) is 15.1 Å². The molecule has 0 radical (unpaired) electrons. The first-order chi connectivity index (χ1) is 10.0. The Balaban J connectivity index is 2.00. The minimum Gasteiger partial charge on any atom is -0.744 e. The number of benzene rings is 2. The minimum absolute atomic E-state index is 0.00626. The lowest BCUT2D eigenvalue weighted by Crippen LogP contribution is -1.98. The van der Waals surface area contributed by atoms with Crippen molar-refractivity contribution in [1.29, 1.82) is 0 Å². The van der Waals surface area contributed by atoms with Crippen LogP contribution >= 0.6 is 11.3 Å². The van der Waals surface area contributed by atoms with E-state index >= 15 is 0 Å². The average Bonchev–Trinajstić information content (AvgIpc) is 2.87. The van der Waals surface area contributed by atoms with Crippen molar-refractivity contribution in [2.24, 2.45) is 10.2 Å². The van der Waals surface area contributed by atoms with Gasteiger partial charge in [0.1, 0.15) is 15.8 Å². The fraction of sp³-hybridized carbons (Fsp3) is 0. The summed E-state index contributed by atoms with van der Waals surface area (Å²) >= 11 is 1.33. The van der Waals surface area contributed by atoms with Crippen molar-refractivity contribution < 1.29 is 13.0 Å². The molecule has 0 aliphatic heterocycles. The number of thiazole rings is 1. The number of nitrogens with zero attached hydrogens (tertiary/aromatic N) is 3. The van der Waals surface area contributed by atoms with Gasteiger partial charge in [0.15, 0.2) is 0 Å². The van der Waals surface area contributed by atoms with E-state index in [0.29, 0.717) is 5.13 Å². The van der Waals surface area contributed by atoms with Gasteiger partial charge in [0, 0.05) is 0 Å². The molecule has 0 atom stereocenters. The lowest BCUT2D eigenvalue weighted by molar-refractivity contribution is 0.463. The van der Waals surface area contributed by atoms with Crippen molar-refractivity contribution >= 4 is 42.5 Å². The van der Waals surface area contributed by atoms with Gasteiger partial charge < -0.3 is 4.55 Å². The Kier molecular flexibility index (Phi) is 3.50. The largest absolute Gasteiger partial charge is 0.744 e. The average molecular weight is 318 g/mol. The van der Waals surface area contributed by atoms with Crippen molar-refractivity contribution in [2.45, 2.75) is 4.90 Å². The van der Waals surface area contributed by atoms with Gasteiger partial charge in [0.25, 0.3) is 0 Å². The van der Waals surface area contributed by atoms with E-state index in [0.717, 1.165) is 10.2 Å². The summed E-state index contributed by atoms with van der Waals surface area (Å²) in [6, 6.07) is 13.2. The van der Waals surface area contributed by atoms with E-state index in [1.807, 2.05) is 24.3 Å². The number of fused-ring (bicyclic) bond motifs is 1. The molecule has 0 aliphatic carbocycles. The summed E-state index contributed by atoms with van der Waals surface area (Å²) in [4.78, 5) is 3.86. The maximum Gasteiger partial charge on any atom is 0.231 e. The molecule has 106 valence electrons. The third kappa shape index (κ3) is 2.97. The van der Waals surface area contributed by atoms with Crippen LogP contribution in [-0.4, -0.2) is 18.0 Å². The van der Waals surface area contributed by atoms with E-state index < -0.39 is 15.0 Å². The van der Waals surface area contributed by atoms with Gasteiger partial charge in [-0.3, -0.25) is 0 Å². The summed E-state index contributed by atoms with van der Waals surface area (Å²) in [6.07, 6.45) is 0. The zero-order chi connectivity index (χ0) is 14.9. The van der Waals surface area contributed by atoms with Crippen LogP contribution < -0.4 is 0 Å². The quantitative estimate of drug-likeness (QED) is 0.544. The first kappa shape index (κ1) is 13.8. The Labute approximate surface area is 124 Å². The summed E-state index contributed by atoms with van der Waals surface area (Å²) in [7, 11) is -4.58. The number of hydrogen-bond acceptors (Lipinski definition) is 7. The fourth-order valence-corrected chi connectivity index (χ4v) is 3.15. The van der Waals surface area contributed by atoms with Gasteiger partial charge in [-0.15, -0.1) is 10.2 Å². The molecule has 0 amide bonds. The highest BCUT2D eigenvalue weighted by Gasteiger charge is 2.08. The second kappa shape index (κ2) is 5.32. The number of aromatic nitrogens is 1. The van der Waals surface area contributed by atoms with Gasteiger partial charge in [-0.05, 0) is 24.3 Å². The number of rotatable bonds is 3. The highest BCUT2D eigenvalue weighted by atomic mass is 32.2. The zero-order valence-electron chi connectivity index (χ0n) is 10.5. The SMILES string of the molecule is O=S(=O)([O-])c1ccccc1N=Nc1nc2ccccc2s1. The molecule has 0 saturated heterocycles. The van der Waals surface area contributed by atoms with Gasteiger partial charge in [-0.25, -0.2) is 13.4 Å². The Morgan fingerprint density at radius 2 is 1.71 bits per heavy atom. The molecule has 3 aromatic rings. The number of azo groups is 1. The maximum absolute atomic E-state index is 11.1. The molecule has 0 saturated carbocycles. The number of para-hydroxylation sites is 1. The van der Waals surface area contributed by atoms with Crippen LogP contribution in [0.5, 0.6) is 0 Å². The summed E-state index contributed by atoms with van der Waals surface area (Å²) in [5.41, 5.74) is 0.799. The molecule has 1 aromatic heterocycles. The topological polar surface area (TPSA) is 94.8 Å². The Morgan fingerprint density at radius 1 is 1.00 bits per heavy atom. The second-order valence-electron chi connectivity index (χ2n) is 4.09. The van der Waals surface area contributed by atoms with E-state index in [2.05, 4.69) is 15.2 Å². The molecule has 0 aliphatic rings. The third-order valence-electron chi connectivity index (χ3n) is 2.66. The maximum atomic E-state index is 11.1. The molecule has 8 heteroatoms. The molecule has 1 heterocycles. The van der Waals surface area contributed by atoms with Gasteiger partial charge in [-0.2, -0.15) is 0 Å². The lowest BCUT2D eigenvalue weighted by atomic mass is 10.3. The van der Waals surface area contributed by atoms with Gasteiger partial charge in [-0.1, -0.05) is 35.6 Å². The number of hydrogen-bond donors (Lipinski definition) is 0. The van der Waals surface area contributed by atoms with Crippen LogP contribution in [0.25, 0.3) is 10.2 Å². The predicted octanol–water partition coefficient (Wildman–Crippen LogP) is 3.62. The monoisotopic (exact) mass is 318 g/mol. The lowest BCUT2D eigenvalue weighted by Gasteiger charge is -2.08. The van der Waals surface area contributed by atoms with Crippen LogP contribution in [-0.2, 0) is 10.1 Å². The molecule has 21 heavy (non-hydrogen) atoms. The van der Waals surface area contributed by atoms with Crippen molar-refractivity contribution in [2.75, 3.05) is 0 Å². The first-order valence-corrected chi connectivity index (χ1v) is 8.09. The van der Waals surface area contributed by atoms with Crippen molar-refractivity contribution in [3.63, 3.8) is 0 Å². The molecule has 0 bridgehead atoms. The van der Waals surface area contributed by atoms with Crippen LogP contribution in [0.1, 0.15) is 0 Å². The van der Waals surface area contributed by atoms with Crippen molar-refractivity contribution in [3.05, 3.63) is 48.5 Å². The zero-order valence-corrected chi connectivity index (χ0v) is 12.1. The first-order valence-electron chi connectivity index (χ1n) is 5.86. The normalized spacial score (nSPS) is 12.2. The summed E-state index contributed by atoms with van der Waals surface area (Å²) in [6.45, 7) is 0. The summed E-state index contributed by atoms with van der Waals surface area (Å²) in [5, 5.41) is 8.15. The molecule has 2 aromatic carbocycles. The fourth-order valence-electron chi connectivity index (χ4n) is 1.75. The molecule has 6 nitrogen and oxygen atoms in total. The van der Waals surface area contributed by atoms with Gasteiger partial charge in [0.2, 0.25) is 5.13 Å². The van der Waals surface area contributed by atoms with E-state index in [9.17, 15) is 13.0 Å². The molecular formula is C13H8N3O3S2-. The van der Waals surface area contributed by atoms with Crippen LogP contribution in [0.3, 0.4) is 0 Å². The van der Waals surface area contributed by atoms with E-state index in [-0.39, 0.29) is 5.69 Å². The standard InChI is InChI=1S/C13H9N3O3S2/c17-21(18,19)12-8-4-2-6-10(12)15-16-13-14-9-5-1-3-7-11(9)20-13/h1-8H,(H,17,18,19)/p-1. The van der Waals surface area contributed by atoms with Crippen LogP contribution in [0.2, 0.25) is 0 Å². The summed E-state index contributed by atoms with van der Waals surface area (Å²) in [5.74, 6) is 0. The summed E-state index contributed by atoms with van der Waals surface area (Å²) < 4.78 is 34.4. The Hall–Kier alpha value is -2.16. The van der Waals surface area contributed by atoms with Crippen molar-refractivity contribution in [1.82, 2.24) is 4.98 Å².